The minimum absolute atomic E-state index is 0.0604. The molecular formula is C8H14N2O4. The number of ether oxygens (including phenoxy) is 1. The van der Waals surface area contributed by atoms with Gasteiger partial charge in [-0.05, 0) is 6.42 Å². The molecule has 0 radical (unpaired) electrons. The summed E-state index contributed by atoms with van der Waals surface area (Å²) in [6.07, 6.45) is 0.409. The number of likely N-dealkylation sites (tertiary alicyclic amines) is 1. The van der Waals surface area contributed by atoms with Crippen LogP contribution >= 0.6 is 0 Å². The Morgan fingerprint density at radius 2 is 2.36 bits per heavy atom. The van der Waals surface area contributed by atoms with Crippen molar-refractivity contribution >= 4 is 12.1 Å². The molecule has 80 valence electrons. The second kappa shape index (κ2) is 4.80. The summed E-state index contributed by atoms with van der Waals surface area (Å²) < 4.78 is 4.55. The first kappa shape index (κ1) is 10.8. The van der Waals surface area contributed by atoms with Crippen LogP contribution in [0.3, 0.4) is 0 Å². The standard InChI is InChI=1S/C8H14N2O4/c1-14-8(13)10-3-2-6(5-10)9-4-7(11)12/h6,9H,2-5H2,1H3,(H,11,12). The first-order chi connectivity index (χ1) is 6.63. The first-order valence-electron chi connectivity index (χ1n) is 4.41. The molecule has 1 fully saturated rings. The molecule has 0 bridgehead atoms. The summed E-state index contributed by atoms with van der Waals surface area (Å²) in [5, 5.41) is 11.3. The van der Waals surface area contributed by atoms with Gasteiger partial charge in [0.25, 0.3) is 0 Å². The molecule has 1 aliphatic rings. The van der Waals surface area contributed by atoms with Crippen LogP contribution in [0.25, 0.3) is 0 Å². The van der Waals surface area contributed by atoms with Gasteiger partial charge in [0.2, 0.25) is 0 Å². The highest BCUT2D eigenvalue weighted by atomic mass is 16.5. The van der Waals surface area contributed by atoms with Gasteiger partial charge in [-0.3, -0.25) is 4.79 Å². The maximum Gasteiger partial charge on any atom is 0.409 e. The molecule has 14 heavy (non-hydrogen) atoms. The Morgan fingerprint density at radius 1 is 1.64 bits per heavy atom. The lowest BCUT2D eigenvalue weighted by atomic mass is 10.3. The van der Waals surface area contributed by atoms with E-state index < -0.39 is 5.97 Å². The molecule has 0 aliphatic carbocycles. The highest BCUT2D eigenvalue weighted by Gasteiger charge is 2.26. The normalized spacial score (nSPS) is 20.9. The predicted molar refractivity (Wildman–Crippen MR) is 48.0 cm³/mol. The summed E-state index contributed by atoms with van der Waals surface area (Å²) in [7, 11) is 1.33. The van der Waals surface area contributed by atoms with Crippen LogP contribution in [0.5, 0.6) is 0 Å². The third kappa shape index (κ3) is 2.88. The Morgan fingerprint density at radius 3 is 2.93 bits per heavy atom. The van der Waals surface area contributed by atoms with Crippen molar-refractivity contribution in [3.05, 3.63) is 0 Å². The number of rotatable bonds is 3. The van der Waals surface area contributed by atoms with Gasteiger partial charge in [-0.1, -0.05) is 0 Å². The number of aliphatic carboxylic acids is 1. The van der Waals surface area contributed by atoms with Crippen LogP contribution in [-0.4, -0.2) is 54.9 Å². The van der Waals surface area contributed by atoms with Crippen LogP contribution in [0.2, 0.25) is 0 Å². The zero-order chi connectivity index (χ0) is 10.6. The molecule has 6 heteroatoms. The smallest absolute Gasteiger partial charge is 0.409 e. The van der Waals surface area contributed by atoms with E-state index in [1.807, 2.05) is 0 Å². The van der Waals surface area contributed by atoms with E-state index in [2.05, 4.69) is 10.1 Å². The number of carbonyl (C=O) groups excluding carboxylic acids is 1. The fraction of sp³-hybridized carbons (Fsp3) is 0.750. The number of nitrogens with zero attached hydrogens (tertiary/aromatic N) is 1. The monoisotopic (exact) mass is 202 g/mol. The molecular weight excluding hydrogens is 188 g/mol. The molecule has 1 unspecified atom stereocenters. The molecule has 0 aromatic rings. The average molecular weight is 202 g/mol. The van der Waals surface area contributed by atoms with Crippen molar-refractivity contribution in [1.29, 1.82) is 0 Å². The number of methoxy groups -OCH3 is 1. The van der Waals surface area contributed by atoms with Gasteiger partial charge in [0.05, 0.1) is 13.7 Å². The summed E-state index contributed by atoms with van der Waals surface area (Å²) in [6.45, 7) is 1.06. The quantitative estimate of drug-likeness (QED) is 0.645. The summed E-state index contributed by atoms with van der Waals surface area (Å²) >= 11 is 0. The van der Waals surface area contributed by atoms with E-state index in [0.29, 0.717) is 13.1 Å². The van der Waals surface area contributed by atoms with Crippen molar-refractivity contribution in [2.75, 3.05) is 26.7 Å². The molecule has 0 aromatic carbocycles. The molecule has 1 saturated heterocycles. The lowest BCUT2D eigenvalue weighted by molar-refractivity contribution is -0.136. The van der Waals surface area contributed by atoms with Crippen molar-refractivity contribution in [3.63, 3.8) is 0 Å². The summed E-state index contributed by atoms with van der Waals surface area (Å²) in [6, 6.07) is 0.0604. The lowest BCUT2D eigenvalue weighted by Crippen LogP contribution is -2.37. The zero-order valence-electron chi connectivity index (χ0n) is 8.02. The maximum absolute atomic E-state index is 11.1. The zero-order valence-corrected chi connectivity index (χ0v) is 8.02. The minimum atomic E-state index is -0.887. The van der Waals surface area contributed by atoms with Crippen molar-refractivity contribution in [2.24, 2.45) is 0 Å². The fourth-order valence-corrected chi connectivity index (χ4v) is 1.45. The number of nitrogens with one attached hydrogen (secondary N) is 1. The number of carboxylic acids is 1. The van der Waals surface area contributed by atoms with Gasteiger partial charge in [-0.25, -0.2) is 4.79 Å². The summed E-state index contributed by atoms with van der Waals surface area (Å²) in [5.41, 5.74) is 0. The number of amides is 1. The third-order valence-corrected chi connectivity index (χ3v) is 2.16. The molecule has 1 rings (SSSR count). The first-order valence-corrected chi connectivity index (χ1v) is 4.41. The highest BCUT2D eigenvalue weighted by Crippen LogP contribution is 2.09. The second-order valence-electron chi connectivity index (χ2n) is 3.18. The fourth-order valence-electron chi connectivity index (χ4n) is 1.45. The van der Waals surface area contributed by atoms with E-state index in [9.17, 15) is 9.59 Å². The number of hydrogen-bond acceptors (Lipinski definition) is 4. The van der Waals surface area contributed by atoms with Crippen LogP contribution in [-0.2, 0) is 9.53 Å². The van der Waals surface area contributed by atoms with Crippen molar-refractivity contribution in [2.45, 2.75) is 12.5 Å². The van der Waals surface area contributed by atoms with Crippen molar-refractivity contribution in [1.82, 2.24) is 10.2 Å². The number of carbonyl (C=O) groups is 2. The van der Waals surface area contributed by atoms with Gasteiger partial charge in [0.1, 0.15) is 0 Å². The average Bonchev–Trinajstić information content (AvgIpc) is 2.62. The van der Waals surface area contributed by atoms with E-state index in [1.165, 1.54) is 7.11 Å². The van der Waals surface area contributed by atoms with E-state index >= 15 is 0 Å². The van der Waals surface area contributed by atoms with E-state index in [4.69, 9.17) is 5.11 Å². The van der Waals surface area contributed by atoms with Gasteiger partial charge < -0.3 is 20.1 Å². The SMILES string of the molecule is COC(=O)N1CCC(NCC(=O)O)C1. The minimum Gasteiger partial charge on any atom is -0.480 e. The van der Waals surface area contributed by atoms with Crippen molar-refractivity contribution in [3.8, 4) is 0 Å². The molecule has 1 amide bonds. The van der Waals surface area contributed by atoms with E-state index in [0.717, 1.165) is 6.42 Å². The highest BCUT2D eigenvalue weighted by molar-refractivity contribution is 5.69. The Labute approximate surface area is 81.8 Å². The Bertz CT molecular complexity index is 231. The Kier molecular flexibility index (Phi) is 3.70. The van der Waals surface area contributed by atoms with Gasteiger partial charge in [0, 0.05) is 19.1 Å². The predicted octanol–water partition coefficient (Wildman–Crippen LogP) is -0.499. The van der Waals surface area contributed by atoms with Gasteiger partial charge >= 0.3 is 12.1 Å². The molecule has 0 saturated carbocycles. The molecule has 0 spiro atoms. The topological polar surface area (TPSA) is 78.9 Å². The maximum atomic E-state index is 11.1. The molecule has 1 aliphatic heterocycles. The number of carboxylic acid groups (broad SMARTS) is 1. The summed E-state index contributed by atoms with van der Waals surface area (Å²) in [4.78, 5) is 22.9. The summed E-state index contributed by atoms with van der Waals surface area (Å²) in [5.74, 6) is -0.887. The van der Waals surface area contributed by atoms with Crippen LogP contribution in [0.1, 0.15) is 6.42 Å². The van der Waals surface area contributed by atoms with E-state index in [1.54, 1.807) is 4.90 Å². The van der Waals surface area contributed by atoms with Crippen LogP contribution in [0.15, 0.2) is 0 Å². The van der Waals surface area contributed by atoms with Gasteiger partial charge in [-0.2, -0.15) is 0 Å². The van der Waals surface area contributed by atoms with Crippen LogP contribution in [0.4, 0.5) is 4.79 Å². The molecule has 1 atom stereocenters. The second-order valence-corrected chi connectivity index (χ2v) is 3.18. The van der Waals surface area contributed by atoms with Gasteiger partial charge in [0.15, 0.2) is 0 Å². The number of hydrogen-bond donors (Lipinski definition) is 2. The van der Waals surface area contributed by atoms with Crippen LogP contribution in [0, 0.1) is 0 Å². The molecule has 6 nitrogen and oxygen atoms in total. The Hall–Kier alpha value is -1.30. The molecule has 2 N–H and O–H groups in total. The van der Waals surface area contributed by atoms with Crippen LogP contribution < -0.4 is 5.32 Å². The lowest BCUT2D eigenvalue weighted by Gasteiger charge is -2.14. The molecule has 0 aromatic heterocycles. The Balaban J connectivity index is 2.27. The third-order valence-electron chi connectivity index (χ3n) is 2.16. The van der Waals surface area contributed by atoms with E-state index in [-0.39, 0.29) is 18.7 Å². The largest absolute Gasteiger partial charge is 0.480 e. The van der Waals surface area contributed by atoms with Crippen molar-refractivity contribution < 1.29 is 19.4 Å². The van der Waals surface area contributed by atoms with Gasteiger partial charge in [-0.15, -0.1) is 0 Å². The molecule has 1 heterocycles.